The summed E-state index contributed by atoms with van der Waals surface area (Å²) in [4.78, 5) is 27.1. The Kier molecular flexibility index (Phi) is 7.26. The number of methoxy groups -OCH3 is 3. The molecule has 5 rings (SSSR count). The highest BCUT2D eigenvalue weighted by molar-refractivity contribution is 6.30. The van der Waals surface area contributed by atoms with E-state index in [-0.39, 0.29) is 18.0 Å². The Bertz CT molecular complexity index is 1580. The topological polar surface area (TPSA) is 93.0 Å². The molecule has 0 saturated heterocycles. The Morgan fingerprint density at radius 2 is 1.69 bits per heavy atom. The SMILES string of the molecule is CCc1ccc(-n2c(=O)c3c(n2CC(=O)Nc2cc(OC)c(OC)c(OC)c2)Oc2ccc(Cl)cc2C3)cc1. The second-order valence-electron chi connectivity index (χ2n) is 8.97. The molecule has 0 fully saturated rings. The first-order valence-corrected chi connectivity index (χ1v) is 12.7. The van der Waals surface area contributed by atoms with Crippen LogP contribution in [-0.2, 0) is 24.2 Å². The van der Waals surface area contributed by atoms with Gasteiger partial charge in [-0.2, -0.15) is 0 Å². The van der Waals surface area contributed by atoms with Gasteiger partial charge in [0.2, 0.25) is 17.5 Å². The Hall–Kier alpha value is -4.37. The van der Waals surface area contributed by atoms with Gasteiger partial charge < -0.3 is 24.3 Å². The highest BCUT2D eigenvalue weighted by Gasteiger charge is 2.29. The van der Waals surface area contributed by atoms with E-state index in [1.54, 1.807) is 35.0 Å². The molecule has 202 valence electrons. The normalized spacial score (nSPS) is 11.7. The third kappa shape index (κ3) is 4.93. The molecule has 4 aromatic rings. The lowest BCUT2D eigenvalue weighted by Crippen LogP contribution is -2.27. The molecule has 39 heavy (non-hydrogen) atoms. The highest BCUT2D eigenvalue weighted by Crippen LogP contribution is 2.40. The van der Waals surface area contributed by atoms with Gasteiger partial charge in [-0.1, -0.05) is 30.7 Å². The molecule has 1 N–H and O–H groups in total. The standard InChI is InChI=1S/C29H28ClN3O6/c1-5-17-6-9-21(10-7-17)33-28(35)22-13-18-12-19(30)8-11-23(18)39-29(22)32(33)16-26(34)31-20-14-24(36-2)27(38-4)25(15-20)37-3/h6-12,14-15H,5,13,16H2,1-4H3,(H,31,34). The van der Waals surface area contributed by atoms with E-state index >= 15 is 0 Å². The summed E-state index contributed by atoms with van der Waals surface area (Å²) in [5.74, 6) is 1.73. The van der Waals surface area contributed by atoms with Gasteiger partial charge in [0, 0.05) is 34.8 Å². The summed E-state index contributed by atoms with van der Waals surface area (Å²) in [6.07, 6.45) is 1.20. The van der Waals surface area contributed by atoms with Crippen LogP contribution < -0.4 is 29.8 Å². The van der Waals surface area contributed by atoms with E-state index < -0.39 is 0 Å². The van der Waals surface area contributed by atoms with E-state index in [1.807, 2.05) is 24.3 Å². The zero-order valence-corrected chi connectivity index (χ0v) is 22.8. The number of hydrogen-bond donors (Lipinski definition) is 1. The number of carbonyl (C=O) groups is 1. The monoisotopic (exact) mass is 549 g/mol. The lowest BCUT2D eigenvalue weighted by atomic mass is 10.0. The first kappa shape index (κ1) is 26.2. The molecule has 0 bridgehead atoms. The molecule has 1 aliphatic heterocycles. The van der Waals surface area contributed by atoms with Gasteiger partial charge in [-0.3, -0.25) is 9.59 Å². The molecule has 2 heterocycles. The zero-order chi connectivity index (χ0) is 27.7. The predicted octanol–water partition coefficient (Wildman–Crippen LogP) is 5.22. The fourth-order valence-corrected chi connectivity index (χ4v) is 4.88. The molecule has 1 aliphatic rings. The van der Waals surface area contributed by atoms with E-state index in [1.165, 1.54) is 26.0 Å². The van der Waals surface area contributed by atoms with Gasteiger partial charge in [0.1, 0.15) is 12.3 Å². The molecule has 0 saturated carbocycles. The van der Waals surface area contributed by atoms with Crippen molar-refractivity contribution in [2.24, 2.45) is 0 Å². The second-order valence-corrected chi connectivity index (χ2v) is 9.41. The Morgan fingerprint density at radius 1 is 1.00 bits per heavy atom. The van der Waals surface area contributed by atoms with Crippen LogP contribution in [0, 0.1) is 0 Å². The molecular formula is C29H28ClN3O6. The molecule has 0 radical (unpaired) electrons. The van der Waals surface area contributed by atoms with E-state index in [9.17, 15) is 9.59 Å². The number of fused-ring (bicyclic) bond motifs is 2. The number of rotatable bonds is 8. The maximum atomic E-state index is 13.7. The van der Waals surface area contributed by atoms with Crippen molar-refractivity contribution < 1.29 is 23.7 Å². The van der Waals surface area contributed by atoms with Gasteiger partial charge in [0.05, 0.1) is 32.6 Å². The fourth-order valence-electron chi connectivity index (χ4n) is 4.68. The van der Waals surface area contributed by atoms with E-state index in [4.69, 9.17) is 30.5 Å². The van der Waals surface area contributed by atoms with Crippen LogP contribution in [0.25, 0.3) is 5.69 Å². The Balaban J connectivity index is 1.55. The number of ether oxygens (including phenoxy) is 4. The summed E-state index contributed by atoms with van der Waals surface area (Å²) < 4.78 is 25.4. The molecule has 0 aliphatic carbocycles. The van der Waals surface area contributed by atoms with Crippen LogP contribution in [-0.4, -0.2) is 36.6 Å². The molecule has 1 amide bonds. The number of aryl methyl sites for hydroxylation is 1. The maximum absolute atomic E-state index is 13.7. The minimum atomic E-state index is -0.383. The number of nitrogens with one attached hydrogen (secondary N) is 1. The third-order valence-electron chi connectivity index (χ3n) is 6.61. The van der Waals surface area contributed by atoms with Gasteiger partial charge in [-0.25, -0.2) is 9.36 Å². The zero-order valence-electron chi connectivity index (χ0n) is 22.0. The third-order valence-corrected chi connectivity index (χ3v) is 6.85. The molecule has 0 spiro atoms. The van der Waals surface area contributed by atoms with E-state index in [0.717, 1.165) is 17.5 Å². The molecule has 0 unspecified atom stereocenters. The molecule has 10 heteroatoms. The largest absolute Gasteiger partial charge is 0.493 e. The van der Waals surface area contributed by atoms with Gasteiger partial charge in [-0.05, 0) is 42.3 Å². The molecule has 0 atom stereocenters. The van der Waals surface area contributed by atoms with Gasteiger partial charge in [0.15, 0.2) is 11.5 Å². The fraction of sp³-hybridized carbons (Fsp3) is 0.241. The summed E-state index contributed by atoms with van der Waals surface area (Å²) in [5.41, 5.74) is 3.19. The molecule has 3 aromatic carbocycles. The minimum Gasteiger partial charge on any atom is -0.493 e. The lowest BCUT2D eigenvalue weighted by molar-refractivity contribution is -0.117. The number of anilines is 1. The van der Waals surface area contributed by atoms with Crippen molar-refractivity contribution in [3.63, 3.8) is 0 Å². The quantitative estimate of drug-likeness (QED) is 0.285. The first-order valence-electron chi connectivity index (χ1n) is 12.4. The summed E-state index contributed by atoms with van der Waals surface area (Å²) >= 11 is 6.19. The van der Waals surface area contributed by atoms with Crippen LogP contribution in [0.4, 0.5) is 5.69 Å². The van der Waals surface area contributed by atoms with Crippen LogP contribution in [0.3, 0.4) is 0 Å². The van der Waals surface area contributed by atoms with Crippen LogP contribution in [0.15, 0.2) is 59.4 Å². The molecule has 1 aromatic heterocycles. The maximum Gasteiger partial charge on any atom is 0.278 e. The first-order chi connectivity index (χ1) is 18.9. The minimum absolute atomic E-state index is 0.195. The van der Waals surface area contributed by atoms with Crippen LogP contribution >= 0.6 is 11.6 Å². The summed E-state index contributed by atoms with van der Waals surface area (Å²) in [6.45, 7) is 1.87. The van der Waals surface area contributed by atoms with Crippen molar-refractivity contribution in [1.29, 1.82) is 0 Å². The van der Waals surface area contributed by atoms with Crippen molar-refractivity contribution in [2.75, 3.05) is 26.6 Å². The van der Waals surface area contributed by atoms with Crippen molar-refractivity contribution in [3.8, 4) is 34.6 Å². The lowest BCUT2D eigenvalue weighted by Gasteiger charge is -2.20. The predicted molar refractivity (Wildman–Crippen MR) is 148 cm³/mol. The summed E-state index contributed by atoms with van der Waals surface area (Å²) in [7, 11) is 4.51. The van der Waals surface area contributed by atoms with Crippen LogP contribution in [0.1, 0.15) is 23.6 Å². The number of nitrogens with zero attached hydrogens (tertiary/aromatic N) is 2. The van der Waals surface area contributed by atoms with E-state index in [0.29, 0.717) is 57.3 Å². The Labute approximate surface area is 230 Å². The average Bonchev–Trinajstić information content (AvgIpc) is 3.20. The second kappa shape index (κ2) is 10.8. The smallest absolute Gasteiger partial charge is 0.278 e. The van der Waals surface area contributed by atoms with Crippen molar-refractivity contribution in [1.82, 2.24) is 9.36 Å². The molecule has 9 nitrogen and oxygen atoms in total. The van der Waals surface area contributed by atoms with Crippen LogP contribution in [0.2, 0.25) is 5.02 Å². The van der Waals surface area contributed by atoms with Crippen molar-refractivity contribution in [3.05, 3.63) is 86.7 Å². The van der Waals surface area contributed by atoms with Gasteiger partial charge >= 0.3 is 0 Å². The highest BCUT2D eigenvalue weighted by atomic mass is 35.5. The summed E-state index contributed by atoms with van der Waals surface area (Å²) in [6, 6.07) is 16.2. The van der Waals surface area contributed by atoms with Crippen molar-refractivity contribution in [2.45, 2.75) is 26.3 Å². The number of hydrogen-bond acceptors (Lipinski definition) is 6. The van der Waals surface area contributed by atoms with Crippen molar-refractivity contribution >= 4 is 23.2 Å². The Morgan fingerprint density at radius 3 is 2.31 bits per heavy atom. The van der Waals surface area contributed by atoms with Gasteiger partial charge in [0.25, 0.3) is 5.56 Å². The number of halogens is 1. The van der Waals surface area contributed by atoms with Crippen LogP contribution in [0.5, 0.6) is 28.9 Å². The molecular weight excluding hydrogens is 522 g/mol. The number of carbonyl (C=O) groups excluding carboxylic acids is 1. The number of amides is 1. The van der Waals surface area contributed by atoms with Gasteiger partial charge in [-0.15, -0.1) is 0 Å². The van der Waals surface area contributed by atoms with E-state index in [2.05, 4.69) is 12.2 Å². The number of benzene rings is 3. The average molecular weight is 550 g/mol. The summed E-state index contributed by atoms with van der Waals surface area (Å²) in [5, 5.41) is 3.42. The number of aromatic nitrogens is 2.